The van der Waals surface area contributed by atoms with E-state index in [1.165, 1.54) is 17.2 Å². The van der Waals surface area contributed by atoms with Crippen LogP contribution in [0.5, 0.6) is 0 Å². The average Bonchev–Trinajstić information content (AvgIpc) is 3.41. The Bertz CT molecular complexity index is 1430. The van der Waals surface area contributed by atoms with E-state index in [-0.39, 0.29) is 23.9 Å². The number of fused-ring (bicyclic) bond motifs is 2. The molecule has 5 rings (SSSR count). The van der Waals surface area contributed by atoms with Crippen LogP contribution in [0.4, 0.5) is 11.8 Å². The molecule has 0 aliphatic carbocycles. The Balaban J connectivity index is 1.50. The Kier molecular flexibility index (Phi) is 7.75. The predicted octanol–water partition coefficient (Wildman–Crippen LogP) is 2.50. The molecule has 1 fully saturated rings. The van der Waals surface area contributed by atoms with Crippen molar-refractivity contribution in [2.45, 2.75) is 45.3 Å². The van der Waals surface area contributed by atoms with Crippen LogP contribution in [-0.2, 0) is 22.6 Å². The van der Waals surface area contributed by atoms with Gasteiger partial charge in [0.25, 0.3) is 0 Å². The first kappa shape index (κ1) is 27.6. The van der Waals surface area contributed by atoms with E-state index >= 15 is 0 Å². The number of carbonyl (C=O) groups is 2. The van der Waals surface area contributed by atoms with Gasteiger partial charge in [0.15, 0.2) is 0 Å². The Hall–Kier alpha value is -3.99. The lowest BCUT2D eigenvalue weighted by Gasteiger charge is -2.43. The second-order valence-corrected chi connectivity index (χ2v) is 11.1. The highest BCUT2D eigenvalue weighted by Crippen LogP contribution is 2.39. The Morgan fingerprint density at radius 3 is 2.77 bits per heavy atom. The van der Waals surface area contributed by atoms with Gasteiger partial charge in [-0.2, -0.15) is 10.1 Å². The molecule has 2 aliphatic rings. The maximum Gasteiger partial charge on any atom is 0.246 e. The van der Waals surface area contributed by atoms with Crippen LogP contribution in [0.3, 0.4) is 0 Å². The van der Waals surface area contributed by atoms with Crippen molar-refractivity contribution in [3.63, 3.8) is 0 Å². The zero-order valence-electron chi connectivity index (χ0n) is 24.1. The van der Waals surface area contributed by atoms with Gasteiger partial charge in [0.1, 0.15) is 5.82 Å². The molecule has 2 amide bonds. The number of amides is 2. The summed E-state index contributed by atoms with van der Waals surface area (Å²) in [5.74, 6) is 1.43. The summed E-state index contributed by atoms with van der Waals surface area (Å²) in [5, 5.41) is 11.8. The molecule has 2 aromatic heterocycles. The van der Waals surface area contributed by atoms with Crippen LogP contribution in [0.2, 0.25) is 0 Å². The molecule has 2 N–H and O–H groups in total. The molecular formula is C29H39N9O2. The lowest BCUT2D eigenvalue weighted by Crippen LogP contribution is -2.54. The number of benzene rings is 1. The topological polar surface area (TPSA) is 114 Å². The number of hydrogen-bond acceptors (Lipinski definition) is 8. The van der Waals surface area contributed by atoms with Gasteiger partial charge in [0, 0.05) is 82.7 Å². The molecule has 1 saturated heterocycles. The van der Waals surface area contributed by atoms with E-state index in [9.17, 15) is 9.59 Å². The summed E-state index contributed by atoms with van der Waals surface area (Å²) in [5.41, 5.74) is 5.63. The van der Waals surface area contributed by atoms with Crippen molar-refractivity contribution in [2.24, 2.45) is 0 Å². The SMILES string of the molecule is C=CC(=O)N1CCN(c2nc(NCCC(=O)N(C)C)nc3c2CN(C)C(c2c(C)ccc4[nH]ncc24)C3)[C@@H](C)C1. The third kappa shape index (κ3) is 5.25. The molecule has 11 nitrogen and oxygen atoms in total. The Morgan fingerprint density at radius 1 is 1.25 bits per heavy atom. The highest BCUT2D eigenvalue weighted by molar-refractivity contribution is 5.87. The predicted molar refractivity (Wildman–Crippen MR) is 156 cm³/mol. The average molecular weight is 546 g/mol. The first-order chi connectivity index (χ1) is 19.2. The molecule has 4 heterocycles. The number of hydrogen-bond donors (Lipinski definition) is 2. The molecule has 1 aromatic carbocycles. The van der Waals surface area contributed by atoms with Crippen LogP contribution >= 0.6 is 0 Å². The summed E-state index contributed by atoms with van der Waals surface area (Å²) in [6, 6.07) is 4.42. The normalized spacial score (nSPS) is 19.4. The van der Waals surface area contributed by atoms with Crippen molar-refractivity contribution in [3.05, 3.63) is 53.4 Å². The van der Waals surface area contributed by atoms with Crippen LogP contribution < -0.4 is 10.2 Å². The molecule has 0 radical (unpaired) electrons. The first-order valence-corrected chi connectivity index (χ1v) is 13.8. The summed E-state index contributed by atoms with van der Waals surface area (Å²) in [4.78, 5) is 42.5. The van der Waals surface area contributed by atoms with Crippen molar-refractivity contribution in [1.82, 2.24) is 34.9 Å². The fraction of sp³-hybridized carbons (Fsp3) is 0.483. The van der Waals surface area contributed by atoms with Crippen molar-refractivity contribution in [2.75, 3.05) is 57.5 Å². The van der Waals surface area contributed by atoms with E-state index in [2.05, 4.69) is 64.9 Å². The van der Waals surface area contributed by atoms with Crippen LogP contribution in [0.25, 0.3) is 10.9 Å². The minimum Gasteiger partial charge on any atom is -0.354 e. The molecule has 0 saturated carbocycles. The number of rotatable bonds is 7. The summed E-state index contributed by atoms with van der Waals surface area (Å²) in [6.45, 7) is 10.9. The van der Waals surface area contributed by atoms with E-state index in [4.69, 9.17) is 9.97 Å². The second-order valence-electron chi connectivity index (χ2n) is 11.1. The monoisotopic (exact) mass is 545 g/mol. The minimum atomic E-state index is -0.0458. The standard InChI is InChI=1S/C29H39N9O2/c1-7-25(39)37-12-13-38(19(3)16-37)28-21-17-36(6)24(27-18(2)8-9-22-20(27)15-31-34-22)14-23(21)32-29(33-28)30-11-10-26(40)35(4)5/h7-9,15,19,24H,1,10-14,16-17H2,2-6H3,(H,31,34)(H,30,32,33)/t19-,24?/m0/s1. The lowest BCUT2D eigenvalue weighted by molar-refractivity contribution is -0.128. The zero-order chi connectivity index (χ0) is 28.6. The third-order valence-electron chi connectivity index (χ3n) is 8.12. The zero-order valence-corrected chi connectivity index (χ0v) is 24.1. The molecule has 3 aromatic rings. The van der Waals surface area contributed by atoms with Crippen molar-refractivity contribution in [1.29, 1.82) is 0 Å². The molecule has 40 heavy (non-hydrogen) atoms. The number of carbonyl (C=O) groups excluding carboxylic acids is 2. The van der Waals surface area contributed by atoms with E-state index < -0.39 is 0 Å². The maximum atomic E-state index is 12.3. The minimum absolute atomic E-state index is 0.0458. The van der Waals surface area contributed by atoms with Gasteiger partial charge in [-0.05, 0) is 44.2 Å². The van der Waals surface area contributed by atoms with Crippen LogP contribution in [0, 0.1) is 6.92 Å². The summed E-state index contributed by atoms with van der Waals surface area (Å²) < 4.78 is 0. The van der Waals surface area contributed by atoms with Gasteiger partial charge in [-0.1, -0.05) is 12.6 Å². The van der Waals surface area contributed by atoms with Gasteiger partial charge in [-0.3, -0.25) is 19.6 Å². The molecule has 1 unspecified atom stereocenters. The van der Waals surface area contributed by atoms with E-state index in [0.717, 1.165) is 34.4 Å². The highest BCUT2D eigenvalue weighted by atomic mass is 16.2. The number of anilines is 2. The van der Waals surface area contributed by atoms with Gasteiger partial charge in [0.2, 0.25) is 17.8 Å². The van der Waals surface area contributed by atoms with Gasteiger partial charge in [-0.15, -0.1) is 0 Å². The van der Waals surface area contributed by atoms with E-state index in [1.807, 2.05) is 11.1 Å². The Morgan fingerprint density at radius 2 is 2.05 bits per heavy atom. The van der Waals surface area contributed by atoms with Gasteiger partial charge >= 0.3 is 0 Å². The fourth-order valence-electron chi connectivity index (χ4n) is 5.88. The molecule has 2 atom stereocenters. The number of nitrogens with zero attached hydrogens (tertiary/aromatic N) is 7. The number of piperazine rings is 1. The first-order valence-electron chi connectivity index (χ1n) is 13.8. The molecular weight excluding hydrogens is 506 g/mol. The van der Waals surface area contributed by atoms with Crippen LogP contribution in [-0.4, -0.2) is 100 Å². The van der Waals surface area contributed by atoms with Crippen LogP contribution in [0.1, 0.15) is 41.8 Å². The number of aromatic nitrogens is 4. The third-order valence-corrected chi connectivity index (χ3v) is 8.12. The molecule has 11 heteroatoms. The molecule has 0 spiro atoms. The number of H-pyrrole nitrogens is 1. The number of likely N-dealkylation sites (N-methyl/N-ethyl adjacent to an activating group) is 1. The van der Waals surface area contributed by atoms with E-state index in [0.29, 0.717) is 45.1 Å². The molecule has 212 valence electrons. The second kappa shape index (κ2) is 11.2. The Labute approximate surface area is 235 Å². The summed E-state index contributed by atoms with van der Waals surface area (Å²) >= 11 is 0. The smallest absolute Gasteiger partial charge is 0.246 e. The highest BCUT2D eigenvalue weighted by Gasteiger charge is 2.35. The molecule has 0 bridgehead atoms. The van der Waals surface area contributed by atoms with Gasteiger partial charge in [-0.25, -0.2) is 4.98 Å². The fourth-order valence-corrected chi connectivity index (χ4v) is 5.88. The van der Waals surface area contributed by atoms with Crippen molar-refractivity contribution in [3.8, 4) is 0 Å². The van der Waals surface area contributed by atoms with Crippen molar-refractivity contribution >= 4 is 34.5 Å². The van der Waals surface area contributed by atoms with E-state index in [1.54, 1.807) is 19.0 Å². The molecule has 2 aliphatic heterocycles. The number of nitrogens with one attached hydrogen (secondary N) is 2. The lowest BCUT2D eigenvalue weighted by atomic mass is 9.89. The van der Waals surface area contributed by atoms with Gasteiger partial charge in [0.05, 0.1) is 17.4 Å². The summed E-state index contributed by atoms with van der Waals surface area (Å²) in [7, 11) is 5.67. The van der Waals surface area contributed by atoms with Gasteiger partial charge < -0.3 is 20.0 Å². The van der Waals surface area contributed by atoms with Crippen LogP contribution in [0.15, 0.2) is 31.0 Å². The maximum absolute atomic E-state index is 12.3. The number of aryl methyl sites for hydroxylation is 1. The van der Waals surface area contributed by atoms with Crippen molar-refractivity contribution < 1.29 is 9.59 Å². The number of aromatic amines is 1. The quantitative estimate of drug-likeness (QED) is 0.436. The largest absolute Gasteiger partial charge is 0.354 e. The summed E-state index contributed by atoms with van der Waals surface area (Å²) in [6.07, 6.45) is 4.37.